The SMILES string of the molecule is C=C1CC2C(CCc3ccc4c(oc5ncccc54)c3-c3cc(CC4CCCCC4)cc[n+]31)c1ccccc1-c1cc(CC)c([Si](C)(C)C)c[n+]12. The molecule has 2 aromatic carbocycles. The Labute approximate surface area is 303 Å². The summed E-state index contributed by atoms with van der Waals surface area (Å²) in [7, 11) is -1.60. The number of hydrogen-bond donors (Lipinski definition) is 0. The van der Waals surface area contributed by atoms with E-state index in [1.54, 1.807) is 5.19 Å². The third-order valence-electron chi connectivity index (χ3n) is 12.4. The number of benzene rings is 2. The zero-order valence-electron chi connectivity index (χ0n) is 30.8. The quantitative estimate of drug-likeness (QED) is 0.136. The van der Waals surface area contributed by atoms with Gasteiger partial charge in [-0.05, 0) is 78.6 Å². The van der Waals surface area contributed by atoms with Crippen LogP contribution in [0.2, 0.25) is 19.6 Å². The smallest absolute Gasteiger partial charge is 0.227 e. The van der Waals surface area contributed by atoms with Crippen LogP contribution in [0.3, 0.4) is 0 Å². The van der Waals surface area contributed by atoms with Gasteiger partial charge in [-0.15, -0.1) is 0 Å². The summed E-state index contributed by atoms with van der Waals surface area (Å²) in [5, 5.41) is 3.80. The predicted octanol–water partition coefficient (Wildman–Crippen LogP) is 10.3. The Bertz CT molecular complexity index is 2320. The van der Waals surface area contributed by atoms with Crippen molar-refractivity contribution in [2.75, 3.05) is 0 Å². The molecule has 0 spiro atoms. The molecule has 3 aliphatic rings. The number of hydrogen-bond acceptors (Lipinski definition) is 2. The highest BCUT2D eigenvalue weighted by atomic mass is 28.3. The molecule has 2 aliphatic heterocycles. The molecule has 2 unspecified atom stereocenters. The highest BCUT2D eigenvalue weighted by Gasteiger charge is 2.44. The number of allylic oxidation sites excluding steroid dienone is 1. The molecular weight excluding hydrogens is 639 g/mol. The van der Waals surface area contributed by atoms with Crippen LogP contribution in [0.25, 0.3) is 50.3 Å². The Morgan fingerprint density at radius 3 is 2.57 bits per heavy atom. The maximum Gasteiger partial charge on any atom is 0.227 e. The second kappa shape index (κ2) is 12.7. The number of aryl methyl sites for hydroxylation is 2. The summed E-state index contributed by atoms with van der Waals surface area (Å²) >= 11 is 0. The van der Waals surface area contributed by atoms with Crippen molar-refractivity contribution in [2.45, 2.75) is 103 Å². The molecule has 2 atom stereocenters. The van der Waals surface area contributed by atoms with E-state index < -0.39 is 8.07 Å². The van der Waals surface area contributed by atoms with Gasteiger partial charge >= 0.3 is 0 Å². The van der Waals surface area contributed by atoms with Crippen molar-refractivity contribution < 1.29 is 13.6 Å². The summed E-state index contributed by atoms with van der Waals surface area (Å²) < 4.78 is 11.8. The average molecular weight is 690 g/mol. The highest BCUT2D eigenvalue weighted by molar-refractivity contribution is 6.89. The maximum absolute atomic E-state index is 6.72. The maximum atomic E-state index is 6.72. The monoisotopic (exact) mass is 689 g/mol. The van der Waals surface area contributed by atoms with Gasteiger partial charge in [0.1, 0.15) is 0 Å². The van der Waals surface area contributed by atoms with Crippen molar-refractivity contribution in [1.82, 2.24) is 4.98 Å². The third-order valence-corrected chi connectivity index (χ3v) is 14.5. The lowest BCUT2D eigenvalue weighted by atomic mass is 9.77. The Morgan fingerprint density at radius 2 is 1.75 bits per heavy atom. The fourth-order valence-corrected chi connectivity index (χ4v) is 11.6. The molecule has 1 aliphatic carbocycles. The molecule has 0 N–H and O–H groups in total. The molecule has 258 valence electrons. The fraction of sp³-hybridized carbons (Fsp3) is 0.370. The molecule has 1 saturated carbocycles. The number of rotatable bonds is 4. The van der Waals surface area contributed by atoms with Crippen LogP contribution in [-0.4, -0.2) is 13.1 Å². The molecule has 0 saturated heterocycles. The zero-order chi connectivity index (χ0) is 34.9. The van der Waals surface area contributed by atoms with Gasteiger partial charge in [0.15, 0.2) is 29.7 Å². The van der Waals surface area contributed by atoms with Gasteiger partial charge in [0.25, 0.3) is 0 Å². The molecule has 9 rings (SSSR count). The predicted molar refractivity (Wildman–Crippen MR) is 212 cm³/mol. The van der Waals surface area contributed by atoms with Crippen LogP contribution in [-0.2, 0) is 19.3 Å². The normalized spacial score (nSPS) is 19.3. The second-order valence-electron chi connectivity index (χ2n) is 16.6. The van der Waals surface area contributed by atoms with Crippen molar-refractivity contribution >= 4 is 41.0 Å². The first-order valence-electron chi connectivity index (χ1n) is 19.5. The molecule has 5 heteroatoms. The molecule has 0 radical (unpaired) electrons. The summed E-state index contributed by atoms with van der Waals surface area (Å²) in [4.78, 5) is 4.65. The van der Waals surface area contributed by atoms with E-state index in [2.05, 4.69) is 114 Å². The molecule has 4 aromatic heterocycles. The number of aromatic nitrogens is 3. The van der Waals surface area contributed by atoms with Crippen molar-refractivity contribution in [3.8, 4) is 22.5 Å². The first-order chi connectivity index (χ1) is 24.8. The van der Waals surface area contributed by atoms with Crippen LogP contribution in [0.15, 0.2) is 96.3 Å². The lowest BCUT2D eigenvalue weighted by Gasteiger charge is -2.33. The summed E-state index contributed by atoms with van der Waals surface area (Å²) in [5.74, 6) is 1.12. The van der Waals surface area contributed by atoms with Crippen LogP contribution in [0.4, 0.5) is 0 Å². The van der Waals surface area contributed by atoms with Crippen LogP contribution in [0, 0.1) is 5.92 Å². The van der Waals surface area contributed by atoms with Gasteiger partial charge in [0, 0.05) is 51.8 Å². The van der Waals surface area contributed by atoms with E-state index >= 15 is 0 Å². The highest BCUT2D eigenvalue weighted by Crippen LogP contribution is 2.46. The summed E-state index contributed by atoms with van der Waals surface area (Å²) in [5.41, 5.74) is 13.7. The minimum absolute atomic E-state index is 0.270. The topological polar surface area (TPSA) is 33.8 Å². The Morgan fingerprint density at radius 1 is 0.902 bits per heavy atom. The van der Waals surface area contributed by atoms with E-state index in [1.807, 2.05) is 12.3 Å². The molecule has 6 aromatic rings. The third kappa shape index (κ3) is 5.60. The van der Waals surface area contributed by atoms with Gasteiger partial charge in [-0.2, -0.15) is 9.13 Å². The lowest BCUT2D eigenvalue weighted by Crippen LogP contribution is -2.54. The van der Waals surface area contributed by atoms with E-state index in [0.29, 0.717) is 11.6 Å². The van der Waals surface area contributed by atoms with Gasteiger partial charge in [-0.25, -0.2) is 4.98 Å². The minimum atomic E-state index is -1.60. The van der Waals surface area contributed by atoms with Gasteiger partial charge in [-0.3, -0.25) is 0 Å². The summed E-state index contributed by atoms with van der Waals surface area (Å²) in [6.07, 6.45) is 18.6. The number of nitrogens with zero attached hydrogens (tertiary/aromatic N) is 3. The Hall–Kier alpha value is -4.35. The van der Waals surface area contributed by atoms with E-state index in [0.717, 1.165) is 60.1 Å². The molecule has 0 bridgehead atoms. The standard InChI is InChI=1S/C46H51N3OSi/c1-6-33-28-41-36-16-11-10-15-35(36)37-20-18-34-19-21-38-39-17-12-23-47-46(39)50-45(38)44(34)42-27-32(26-31-13-8-7-9-14-31)22-24-48(42)30(2)25-40(37)49(41)29-43(33)51(3,4)5/h10-12,15-17,19,21-24,27-29,31,37,40H,2,6-9,13-14,18,20,25-26H2,1,3-5H3/q+2. The van der Waals surface area contributed by atoms with Crippen molar-refractivity contribution in [2.24, 2.45) is 5.92 Å². The molecular formula is C46H51N3OSi+2. The van der Waals surface area contributed by atoms with Crippen LogP contribution in [0.1, 0.15) is 86.1 Å². The number of furan rings is 1. The van der Waals surface area contributed by atoms with E-state index in [9.17, 15) is 0 Å². The fourth-order valence-electron chi connectivity index (χ4n) is 9.83. The van der Waals surface area contributed by atoms with Crippen molar-refractivity contribution in [3.63, 3.8) is 0 Å². The molecule has 51 heavy (non-hydrogen) atoms. The molecule has 0 amide bonds. The molecule has 1 fully saturated rings. The second-order valence-corrected chi connectivity index (χ2v) is 21.7. The minimum Gasteiger partial charge on any atom is -0.437 e. The Balaban J connectivity index is 1.25. The Kier molecular flexibility index (Phi) is 8.10. The number of fused-ring (bicyclic) bond motifs is 13. The zero-order valence-corrected chi connectivity index (χ0v) is 31.8. The lowest BCUT2D eigenvalue weighted by molar-refractivity contribution is -0.719. The van der Waals surface area contributed by atoms with Gasteiger partial charge in [-0.1, -0.05) is 89.0 Å². The van der Waals surface area contributed by atoms with Crippen molar-refractivity contribution in [1.29, 1.82) is 0 Å². The molecule has 4 nitrogen and oxygen atoms in total. The van der Waals surface area contributed by atoms with Crippen molar-refractivity contribution in [3.05, 3.63) is 114 Å². The first kappa shape index (κ1) is 32.5. The van der Waals surface area contributed by atoms with Gasteiger partial charge in [0.05, 0.1) is 20.1 Å². The van der Waals surface area contributed by atoms with Gasteiger partial charge < -0.3 is 4.42 Å². The van der Waals surface area contributed by atoms with Crippen LogP contribution < -0.4 is 14.3 Å². The average Bonchev–Trinajstić information content (AvgIpc) is 3.52. The van der Waals surface area contributed by atoms with Gasteiger partial charge in [0.2, 0.25) is 17.1 Å². The van der Waals surface area contributed by atoms with E-state index in [4.69, 9.17) is 11.0 Å². The van der Waals surface area contributed by atoms with Crippen LogP contribution in [0.5, 0.6) is 0 Å². The largest absolute Gasteiger partial charge is 0.437 e. The molecule has 6 heterocycles. The van der Waals surface area contributed by atoms with E-state index in [-0.39, 0.29) is 6.04 Å². The number of pyridine rings is 3. The van der Waals surface area contributed by atoms with E-state index in [1.165, 1.54) is 76.9 Å². The summed E-state index contributed by atoms with van der Waals surface area (Å²) in [6.45, 7) is 14.7. The first-order valence-corrected chi connectivity index (χ1v) is 23.0. The van der Waals surface area contributed by atoms with Crippen LogP contribution >= 0.6 is 0 Å². The summed E-state index contributed by atoms with van der Waals surface area (Å²) in [6, 6.07) is 25.7.